The minimum atomic E-state index is -5.03. The number of hydrogen-bond donors (Lipinski definition) is 0. The number of rotatable bonds is 4. The average molecular weight is 406 g/mol. The molecule has 110 valence electrons. The number of nitrogens with zero attached hydrogens (tertiary/aromatic N) is 2. The Balaban J connectivity index is 3.35. The van der Waals surface area contributed by atoms with Gasteiger partial charge in [0.2, 0.25) is 5.88 Å². The Morgan fingerprint density at radius 1 is 1.55 bits per heavy atom. The number of halogens is 4. The lowest BCUT2D eigenvalue weighted by Crippen LogP contribution is -2.19. The Bertz CT molecular complexity index is 549. The van der Waals surface area contributed by atoms with Crippen LogP contribution in [0.2, 0.25) is 0 Å². The molecular weight excluding hydrogens is 400 g/mol. The predicted octanol–water partition coefficient (Wildman–Crippen LogP) is 2.67. The zero-order valence-corrected chi connectivity index (χ0v) is 11.9. The molecule has 0 aliphatic rings. The fourth-order valence-corrected chi connectivity index (χ4v) is 1.92. The smallest absolute Gasteiger partial charge is 0.462 e. The fourth-order valence-electron chi connectivity index (χ4n) is 1.19. The molecule has 20 heavy (non-hydrogen) atoms. The molecule has 7 nitrogen and oxygen atoms in total. The average Bonchev–Trinajstić information content (AvgIpc) is 2.25. The van der Waals surface area contributed by atoms with E-state index < -0.39 is 38.1 Å². The van der Waals surface area contributed by atoms with Gasteiger partial charge in [0.1, 0.15) is 5.56 Å². The van der Waals surface area contributed by atoms with Gasteiger partial charge in [0.15, 0.2) is 3.70 Å². The van der Waals surface area contributed by atoms with Crippen molar-refractivity contribution in [1.82, 2.24) is 4.98 Å². The maximum absolute atomic E-state index is 12.1. The normalized spacial score (nSPS) is 11.1. The number of ether oxygens (including phenoxy) is 2. The minimum absolute atomic E-state index is 0.0929. The first-order chi connectivity index (χ1) is 9.15. The molecule has 0 atom stereocenters. The highest BCUT2D eigenvalue weighted by Gasteiger charge is 2.34. The maximum Gasteiger partial charge on any atom is 0.574 e. The molecule has 0 spiro atoms. The van der Waals surface area contributed by atoms with E-state index in [2.05, 4.69) is 14.5 Å². The van der Waals surface area contributed by atoms with Crippen LogP contribution in [-0.4, -0.2) is 28.8 Å². The molecular formula is C9H6F3IN2O5. The molecule has 0 unspecified atom stereocenters. The molecule has 1 aromatic heterocycles. The Labute approximate surface area is 123 Å². The highest BCUT2D eigenvalue weighted by molar-refractivity contribution is 14.1. The molecule has 0 N–H and O–H groups in total. The number of pyridine rings is 1. The monoisotopic (exact) mass is 406 g/mol. The van der Waals surface area contributed by atoms with Crippen molar-refractivity contribution in [2.75, 3.05) is 6.61 Å². The second-order valence-electron chi connectivity index (χ2n) is 3.17. The Morgan fingerprint density at radius 2 is 2.15 bits per heavy atom. The zero-order chi connectivity index (χ0) is 15.5. The second kappa shape index (κ2) is 6.19. The minimum Gasteiger partial charge on any atom is -0.462 e. The van der Waals surface area contributed by atoms with Crippen LogP contribution >= 0.6 is 22.6 Å². The first-order valence-corrected chi connectivity index (χ1v) is 6.01. The molecule has 11 heteroatoms. The van der Waals surface area contributed by atoms with E-state index in [1.807, 2.05) is 0 Å². The van der Waals surface area contributed by atoms with Gasteiger partial charge in [0, 0.05) is 6.07 Å². The Morgan fingerprint density at radius 3 is 2.60 bits per heavy atom. The molecule has 0 saturated heterocycles. The summed E-state index contributed by atoms with van der Waals surface area (Å²) in [6.45, 7) is 1.35. The van der Waals surface area contributed by atoms with E-state index in [9.17, 15) is 28.1 Å². The summed E-state index contributed by atoms with van der Waals surface area (Å²) >= 11 is 1.33. The van der Waals surface area contributed by atoms with Crippen LogP contribution in [-0.2, 0) is 4.74 Å². The quantitative estimate of drug-likeness (QED) is 0.251. The van der Waals surface area contributed by atoms with Crippen molar-refractivity contribution in [3.05, 3.63) is 25.4 Å². The molecule has 1 heterocycles. The van der Waals surface area contributed by atoms with Gasteiger partial charge in [-0.05, 0) is 29.5 Å². The van der Waals surface area contributed by atoms with Gasteiger partial charge in [0.25, 0.3) is 0 Å². The van der Waals surface area contributed by atoms with Crippen molar-refractivity contribution in [3.63, 3.8) is 0 Å². The van der Waals surface area contributed by atoms with Crippen molar-refractivity contribution < 1.29 is 32.4 Å². The van der Waals surface area contributed by atoms with Crippen LogP contribution in [0.5, 0.6) is 5.88 Å². The summed E-state index contributed by atoms with van der Waals surface area (Å²) < 4.78 is 44.0. The molecule has 0 aromatic carbocycles. The van der Waals surface area contributed by atoms with Crippen molar-refractivity contribution in [2.45, 2.75) is 13.3 Å². The third kappa shape index (κ3) is 4.18. The molecule has 0 radical (unpaired) electrons. The van der Waals surface area contributed by atoms with Gasteiger partial charge >= 0.3 is 18.0 Å². The van der Waals surface area contributed by atoms with Gasteiger partial charge in [0.05, 0.1) is 11.5 Å². The van der Waals surface area contributed by atoms with E-state index in [1.165, 1.54) is 29.5 Å². The number of carbonyl (C=O) groups excluding carboxylic acids is 1. The van der Waals surface area contributed by atoms with Crippen molar-refractivity contribution >= 4 is 34.2 Å². The summed E-state index contributed by atoms with van der Waals surface area (Å²) in [5.74, 6) is -2.11. The number of hydrogen-bond acceptors (Lipinski definition) is 6. The Kier molecular flexibility index (Phi) is 5.08. The van der Waals surface area contributed by atoms with Crippen LogP contribution in [0.25, 0.3) is 0 Å². The number of aromatic nitrogens is 1. The third-order valence-electron chi connectivity index (χ3n) is 1.82. The van der Waals surface area contributed by atoms with Crippen LogP contribution in [0, 0.1) is 13.8 Å². The van der Waals surface area contributed by atoms with Gasteiger partial charge in [-0.2, -0.15) is 4.98 Å². The van der Waals surface area contributed by atoms with E-state index >= 15 is 0 Å². The fraction of sp³-hybridized carbons (Fsp3) is 0.333. The van der Waals surface area contributed by atoms with Gasteiger partial charge in [-0.15, -0.1) is 13.2 Å². The Hall–Kier alpha value is -1.66. The van der Waals surface area contributed by atoms with E-state index in [-0.39, 0.29) is 6.61 Å². The van der Waals surface area contributed by atoms with Crippen molar-refractivity contribution in [3.8, 4) is 5.88 Å². The first-order valence-electron chi connectivity index (χ1n) is 4.93. The highest BCUT2D eigenvalue weighted by Crippen LogP contribution is 2.30. The van der Waals surface area contributed by atoms with E-state index in [0.717, 1.165) is 0 Å². The van der Waals surface area contributed by atoms with Gasteiger partial charge in [-0.25, -0.2) is 4.79 Å². The summed E-state index contributed by atoms with van der Waals surface area (Å²) in [6, 6.07) is 0.520. The largest absolute Gasteiger partial charge is 0.574 e. The van der Waals surface area contributed by atoms with E-state index in [4.69, 9.17) is 0 Å². The highest BCUT2D eigenvalue weighted by atomic mass is 127. The van der Waals surface area contributed by atoms with Gasteiger partial charge in [-0.1, -0.05) is 0 Å². The van der Waals surface area contributed by atoms with Crippen LogP contribution in [0.4, 0.5) is 18.9 Å². The zero-order valence-electron chi connectivity index (χ0n) is 9.73. The predicted molar refractivity (Wildman–Crippen MR) is 66.2 cm³/mol. The number of alkyl halides is 3. The standard InChI is InChI=1S/C9H6F3IN2O5/c1-2-19-8(16)4-3-5(20-9(10,11)12)14-7(13)6(4)15(17)18/h3H,2H2,1H3. The molecule has 0 amide bonds. The second-order valence-corrected chi connectivity index (χ2v) is 4.19. The molecule has 0 aliphatic carbocycles. The summed E-state index contributed by atoms with van der Waals surface area (Å²) in [5, 5.41) is 10.8. The van der Waals surface area contributed by atoms with E-state index in [0.29, 0.717) is 6.07 Å². The van der Waals surface area contributed by atoms with Crippen LogP contribution in [0.3, 0.4) is 0 Å². The van der Waals surface area contributed by atoms with Gasteiger partial charge in [-0.3, -0.25) is 10.1 Å². The number of nitro groups is 1. The molecule has 0 saturated carbocycles. The van der Waals surface area contributed by atoms with Crippen LogP contribution in [0.15, 0.2) is 6.07 Å². The third-order valence-corrected chi connectivity index (χ3v) is 2.58. The summed E-state index contributed by atoms with van der Waals surface area (Å²) in [6.07, 6.45) is -5.03. The first kappa shape index (κ1) is 16.4. The van der Waals surface area contributed by atoms with Crippen molar-refractivity contribution in [1.29, 1.82) is 0 Å². The van der Waals surface area contributed by atoms with Crippen LogP contribution < -0.4 is 4.74 Å². The SMILES string of the molecule is CCOC(=O)c1cc(OC(F)(F)F)nc(I)c1[N+](=O)[O-]. The number of carbonyl (C=O) groups is 1. The molecule has 1 rings (SSSR count). The van der Waals surface area contributed by atoms with E-state index in [1.54, 1.807) is 0 Å². The summed E-state index contributed by atoms with van der Waals surface area (Å²) in [7, 11) is 0. The van der Waals surface area contributed by atoms with Crippen molar-refractivity contribution in [2.24, 2.45) is 0 Å². The lowest BCUT2D eigenvalue weighted by Gasteiger charge is -2.10. The summed E-state index contributed by atoms with van der Waals surface area (Å²) in [4.78, 5) is 24.7. The molecule has 0 fully saturated rings. The summed E-state index contributed by atoms with van der Waals surface area (Å²) in [5.41, 5.74) is -1.39. The number of esters is 1. The molecule has 0 aliphatic heterocycles. The van der Waals surface area contributed by atoms with Gasteiger partial charge < -0.3 is 9.47 Å². The van der Waals surface area contributed by atoms with Crippen LogP contribution in [0.1, 0.15) is 17.3 Å². The maximum atomic E-state index is 12.1. The molecule has 1 aromatic rings. The lowest BCUT2D eigenvalue weighted by atomic mass is 10.2. The lowest BCUT2D eigenvalue weighted by molar-refractivity contribution is -0.386. The topological polar surface area (TPSA) is 91.6 Å². The molecule has 0 bridgehead atoms.